The molecule has 1 N–H and O–H groups in total. The van der Waals surface area contributed by atoms with Gasteiger partial charge in [0, 0.05) is 49.2 Å². The van der Waals surface area contributed by atoms with E-state index in [-0.39, 0.29) is 0 Å². The van der Waals surface area contributed by atoms with Gasteiger partial charge in [-0.05, 0) is 31.8 Å². The first-order valence-electron chi connectivity index (χ1n) is 7.72. The number of H-pyrrole nitrogens is 1. The van der Waals surface area contributed by atoms with Crippen LogP contribution < -0.4 is 0 Å². The molecule has 1 aliphatic heterocycles. The zero-order valence-electron chi connectivity index (χ0n) is 13.0. The van der Waals surface area contributed by atoms with Crippen LogP contribution in [0.3, 0.4) is 0 Å². The number of aromatic amines is 1. The minimum absolute atomic E-state index is 0.591. The summed E-state index contributed by atoms with van der Waals surface area (Å²) in [5.74, 6) is 0.591. The maximum absolute atomic E-state index is 5.77. The number of fused-ring (bicyclic) bond motifs is 1. The summed E-state index contributed by atoms with van der Waals surface area (Å²) in [7, 11) is 4.27. The Morgan fingerprint density at radius 3 is 3.10 bits per heavy atom. The molecule has 0 spiro atoms. The van der Waals surface area contributed by atoms with Gasteiger partial charge in [-0.1, -0.05) is 12.1 Å². The highest BCUT2D eigenvalue weighted by Gasteiger charge is 2.19. The van der Waals surface area contributed by atoms with E-state index in [0.29, 0.717) is 5.92 Å². The van der Waals surface area contributed by atoms with Crippen LogP contribution in [0.1, 0.15) is 5.56 Å². The summed E-state index contributed by atoms with van der Waals surface area (Å²) in [5, 5.41) is 1.34. The van der Waals surface area contributed by atoms with Crippen molar-refractivity contribution in [2.75, 3.05) is 46.9 Å². The zero-order valence-corrected chi connectivity index (χ0v) is 13.0. The topological polar surface area (TPSA) is 31.5 Å². The van der Waals surface area contributed by atoms with Gasteiger partial charge >= 0.3 is 0 Å². The lowest BCUT2D eigenvalue weighted by Gasteiger charge is -2.25. The zero-order chi connectivity index (χ0) is 14.7. The molecule has 4 nitrogen and oxygen atoms in total. The van der Waals surface area contributed by atoms with E-state index in [9.17, 15) is 0 Å². The Hall–Kier alpha value is -1.36. The molecule has 0 bridgehead atoms. The second-order valence-electron chi connectivity index (χ2n) is 6.29. The summed E-state index contributed by atoms with van der Waals surface area (Å²) in [6.07, 6.45) is 2.02. The average molecular weight is 287 g/mol. The van der Waals surface area contributed by atoms with Crippen LogP contribution >= 0.6 is 0 Å². The SMILES string of the molecule is CN(C)CC1COCCN(Cc2cccc3[nH]ccc23)C1. The Kier molecular flexibility index (Phi) is 4.58. The lowest BCUT2D eigenvalue weighted by atomic mass is 10.1. The number of rotatable bonds is 4. The third-order valence-corrected chi connectivity index (χ3v) is 4.12. The lowest BCUT2D eigenvalue weighted by molar-refractivity contribution is 0.112. The predicted octanol–water partition coefficient (Wildman–Crippen LogP) is 2.18. The van der Waals surface area contributed by atoms with Gasteiger partial charge < -0.3 is 14.6 Å². The molecular formula is C17H25N3O. The molecule has 1 aliphatic rings. The highest BCUT2D eigenvalue weighted by atomic mass is 16.5. The highest BCUT2D eigenvalue weighted by Crippen LogP contribution is 2.20. The van der Waals surface area contributed by atoms with Gasteiger partial charge in [0.05, 0.1) is 13.2 Å². The number of hydrogen-bond acceptors (Lipinski definition) is 3. The van der Waals surface area contributed by atoms with Gasteiger partial charge in [-0.3, -0.25) is 4.90 Å². The largest absolute Gasteiger partial charge is 0.380 e. The van der Waals surface area contributed by atoms with Crippen LogP contribution in [0.2, 0.25) is 0 Å². The highest BCUT2D eigenvalue weighted by molar-refractivity contribution is 5.82. The smallest absolute Gasteiger partial charge is 0.0593 e. The summed E-state index contributed by atoms with van der Waals surface area (Å²) < 4.78 is 5.77. The van der Waals surface area contributed by atoms with Crippen molar-refractivity contribution >= 4 is 10.9 Å². The van der Waals surface area contributed by atoms with E-state index in [1.54, 1.807) is 0 Å². The Balaban J connectivity index is 1.72. The fourth-order valence-electron chi connectivity index (χ4n) is 3.25. The van der Waals surface area contributed by atoms with Crippen molar-refractivity contribution in [2.24, 2.45) is 5.92 Å². The van der Waals surface area contributed by atoms with Gasteiger partial charge in [-0.15, -0.1) is 0 Å². The van der Waals surface area contributed by atoms with Crippen molar-refractivity contribution in [1.29, 1.82) is 0 Å². The van der Waals surface area contributed by atoms with Crippen molar-refractivity contribution in [1.82, 2.24) is 14.8 Å². The van der Waals surface area contributed by atoms with E-state index in [1.165, 1.54) is 16.5 Å². The summed E-state index contributed by atoms with van der Waals surface area (Å²) in [5.41, 5.74) is 2.63. The molecule has 21 heavy (non-hydrogen) atoms. The molecule has 1 fully saturated rings. The third-order valence-electron chi connectivity index (χ3n) is 4.12. The van der Waals surface area contributed by atoms with E-state index in [1.807, 2.05) is 6.20 Å². The molecule has 0 aliphatic carbocycles. The molecule has 1 saturated heterocycles. The van der Waals surface area contributed by atoms with Crippen LogP contribution in [-0.2, 0) is 11.3 Å². The van der Waals surface area contributed by atoms with Crippen molar-refractivity contribution in [3.05, 3.63) is 36.0 Å². The third kappa shape index (κ3) is 3.64. The number of benzene rings is 1. The fourth-order valence-corrected chi connectivity index (χ4v) is 3.25. The van der Waals surface area contributed by atoms with Gasteiger partial charge in [-0.25, -0.2) is 0 Å². The molecule has 0 amide bonds. The fraction of sp³-hybridized carbons (Fsp3) is 0.529. The number of nitrogens with zero attached hydrogens (tertiary/aromatic N) is 2. The molecule has 0 saturated carbocycles. The van der Waals surface area contributed by atoms with Crippen LogP contribution in [0.25, 0.3) is 10.9 Å². The van der Waals surface area contributed by atoms with Gasteiger partial charge in [0.2, 0.25) is 0 Å². The molecule has 1 atom stereocenters. The number of ether oxygens (including phenoxy) is 1. The summed E-state index contributed by atoms with van der Waals surface area (Å²) >= 11 is 0. The minimum atomic E-state index is 0.591. The molecule has 114 valence electrons. The first kappa shape index (κ1) is 14.6. The standard InChI is InChI=1S/C17H25N3O/c1-19(2)10-14-11-20(8-9-21-13-14)12-15-4-3-5-17-16(15)6-7-18-17/h3-7,14,18H,8-13H2,1-2H3. The van der Waals surface area contributed by atoms with Crippen LogP contribution in [0.15, 0.2) is 30.5 Å². The maximum Gasteiger partial charge on any atom is 0.0593 e. The number of aromatic nitrogens is 1. The number of nitrogens with one attached hydrogen (secondary N) is 1. The monoisotopic (exact) mass is 287 g/mol. The first-order valence-corrected chi connectivity index (χ1v) is 7.72. The van der Waals surface area contributed by atoms with Crippen LogP contribution in [-0.4, -0.2) is 61.7 Å². The summed E-state index contributed by atoms with van der Waals surface area (Å²) in [6, 6.07) is 8.69. The quantitative estimate of drug-likeness (QED) is 0.935. The normalized spacial score (nSPS) is 21.0. The maximum atomic E-state index is 5.77. The summed E-state index contributed by atoms with van der Waals surface area (Å²) in [6.45, 7) is 5.94. The molecule has 2 heterocycles. The molecule has 0 radical (unpaired) electrons. The van der Waals surface area contributed by atoms with Crippen molar-refractivity contribution in [3.8, 4) is 0 Å². The van der Waals surface area contributed by atoms with Gasteiger partial charge in [0.15, 0.2) is 0 Å². The molecule has 1 aromatic heterocycles. The van der Waals surface area contributed by atoms with Gasteiger partial charge in [0.25, 0.3) is 0 Å². The number of hydrogen-bond donors (Lipinski definition) is 1. The van der Waals surface area contributed by atoms with E-state index >= 15 is 0 Å². The van der Waals surface area contributed by atoms with Crippen molar-refractivity contribution in [2.45, 2.75) is 6.54 Å². The second kappa shape index (κ2) is 6.60. The van der Waals surface area contributed by atoms with Crippen molar-refractivity contribution in [3.63, 3.8) is 0 Å². The molecule has 4 heteroatoms. The van der Waals surface area contributed by atoms with Gasteiger partial charge in [-0.2, -0.15) is 0 Å². The van der Waals surface area contributed by atoms with Crippen LogP contribution in [0.4, 0.5) is 0 Å². The van der Waals surface area contributed by atoms with Gasteiger partial charge in [0.1, 0.15) is 0 Å². The van der Waals surface area contributed by atoms with E-state index in [4.69, 9.17) is 4.74 Å². The molecule has 1 aromatic carbocycles. The molecule has 1 unspecified atom stereocenters. The van der Waals surface area contributed by atoms with Crippen LogP contribution in [0.5, 0.6) is 0 Å². The molecular weight excluding hydrogens is 262 g/mol. The first-order chi connectivity index (χ1) is 10.2. The average Bonchev–Trinajstić information content (AvgIpc) is 2.82. The van der Waals surface area contributed by atoms with Crippen LogP contribution in [0, 0.1) is 5.92 Å². The predicted molar refractivity (Wildman–Crippen MR) is 86.4 cm³/mol. The van der Waals surface area contributed by atoms with E-state index in [2.05, 4.69) is 53.1 Å². The Morgan fingerprint density at radius 2 is 2.24 bits per heavy atom. The summed E-state index contributed by atoms with van der Waals surface area (Å²) in [4.78, 5) is 8.08. The van der Waals surface area contributed by atoms with E-state index in [0.717, 1.165) is 39.4 Å². The Bertz CT molecular complexity index is 578. The van der Waals surface area contributed by atoms with E-state index < -0.39 is 0 Å². The minimum Gasteiger partial charge on any atom is -0.380 e. The van der Waals surface area contributed by atoms with Crippen molar-refractivity contribution < 1.29 is 4.74 Å². The second-order valence-corrected chi connectivity index (χ2v) is 6.29. The molecule has 2 aromatic rings. The molecule has 3 rings (SSSR count). The Labute approximate surface area is 126 Å². The Morgan fingerprint density at radius 1 is 1.33 bits per heavy atom. The lowest BCUT2D eigenvalue weighted by Crippen LogP contribution is -2.34.